The van der Waals surface area contributed by atoms with Crippen molar-refractivity contribution in [2.24, 2.45) is 0 Å². The van der Waals surface area contributed by atoms with Crippen molar-refractivity contribution in [2.45, 2.75) is 25.5 Å². The van der Waals surface area contributed by atoms with Gasteiger partial charge in [0.25, 0.3) is 5.91 Å². The van der Waals surface area contributed by atoms with Gasteiger partial charge >= 0.3 is 0 Å². The van der Waals surface area contributed by atoms with Crippen LogP contribution in [0.4, 0.5) is 5.82 Å². The Morgan fingerprint density at radius 2 is 1.76 bits per heavy atom. The molecule has 0 bridgehead atoms. The van der Waals surface area contributed by atoms with Gasteiger partial charge in [0.15, 0.2) is 0 Å². The number of hydrogen-bond donors (Lipinski definition) is 1. The number of aromatic nitrogens is 2. The summed E-state index contributed by atoms with van der Waals surface area (Å²) in [4.78, 5) is 28.7. The van der Waals surface area contributed by atoms with Crippen molar-refractivity contribution < 1.29 is 9.90 Å². The highest BCUT2D eigenvalue weighted by molar-refractivity contribution is 6.30. The summed E-state index contributed by atoms with van der Waals surface area (Å²) in [5, 5.41) is 12.6. The van der Waals surface area contributed by atoms with Crippen molar-refractivity contribution >= 4 is 34.2 Å². The van der Waals surface area contributed by atoms with Crippen LogP contribution in [0.25, 0.3) is 10.9 Å². The summed E-state index contributed by atoms with van der Waals surface area (Å²) in [5.41, 5.74) is 1.59. The Labute approximate surface area is 198 Å². The zero-order valence-electron chi connectivity index (χ0n) is 18.7. The molecule has 33 heavy (non-hydrogen) atoms. The first-order valence-electron chi connectivity index (χ1n) is 11.5. The lowest BCUT2D eigenvalue weighted by Crippen LogP contribution is -2.54. The molecule has 172 valence electrons. The maximum atomic E-state index is 12.8. The molecule has 1 N–H and O–H groups in total. The number of carbonyl (C=O) groups excluding carboxylic acids is 1. The second kappa shape index (κ2) is 9.25. The number of para-hydroxylation sites is 1. The minimum absolute atomic E-state index is 0.0107. The van der Waals surface area contributed by atoms with Crippen LogP contribution in [-0.2, 0) is 6.42 Å². The maximum Gasteiger partial charge on any atom is 0.253 e. The van der Waals surface area contributed by atoms with E-state index in [0.29, 0.717) is 36.8 Å². The van der Waals surface area contributed by atoms with Crippen molar-refractivity contribution in [1.29, 1.82) is 0 Å². The second-order valence-electron chi connectivity index (χ2n) is 8.71. The van der Waals surface area contributed by atoms with Gasteiger partial charge in [-0.15, -0.1) is 0 Å². The van der Waals surface area contributed by atoms with Crippen LogP contribution in [0.5, 0.6) is 0 Å². The molecule has 8 heteroatoms. The third-order valence-electron chi connectivity index (χ3n) is 6.67. The zero-order chi connectivity index (χ0) is 22.9. The van der Waals surface area contributed by atoms with Crippen LogP contribution in [-0.4, -0.2) is 82.2 Å². The van der Waals surface area contributed by atoms with Crippen molar-refractivity contribution in [3.8, 4) is 0 Å². The lowest BCUT2D eigenvalue weighted by molar-refractivity contribution is 0.0376. The van der Waals surface area contributed by atoms with E-state index in [-0.39, 0.29) is 11.9 Å². The average Bonchev–Trinajstić information content (AvgIpc) is 3.24. The van der Waals surface area contributed by atoms with Gasteiger partial charge in [0.05, 0.1) is 17.7 Å². The molecular formula is C25H28ClN5O2. The van der Waals surface area contributed by atoms with E-state index >= 15 is 0 Å². The molecule has 1 aromatic heterocycles. The monoisotopic (exact) mass is 465 g/mol. The molecule has 2 aromatic carbocycles. The molecule has 1 amide bonds. The molecule has 2 fully saturated rings. The molecule has 2 aliphatic heterocycles. The Balaban J connectivity index is 1.27. The third kappa shape index (κ3) is 4.40. The SMILES string of the molecule is CCc1nc(N2CC(O)C(N3CCN(C(=O)c4ccc(Cl)cc4)CC3)C2)c2ccccc2n1. The van der Waals surface area contributed by atoms with Gasteiger partial charge in [-0.3, -0.25) is 9.69 Å². The minimum atomic E-state index is -0.470. The molecule has 0 saturated carbocycles. The van der Waals surface area contributed by atoms with Crippen LogP contribution < -0.4 is 4.90 Å². The number of aliphatic hydroxyl groups excluding tert-OH is 1. The summed E-state index contributed by atoms with van der Waals surface area (Å²) >= 11 is 5.95. The summed E-state index contributed by atoms with van der Waals surface area (Å²) in [6.07, 6.45) is 0.295. The number of hydrogen-bond acceptors (Lipinski definition) is 6. The number of piperazine rings is 1. The highest BCUT2D eigenvalue weighted by atomic mass is 35.5. The third-order valence-corrected chi connectivity index (χ3v) is 6.92. The Morgan fingerprint density at radius 3 is 2.48 bits per heavy atom. The predicted octanol–water partition coefficient (Wildman–Crippen LogP) is 2.85. The van der Waals surface area contributed by atoms with E-state index in [2.05, 4.69) is 21.7 Å². The van der Waals surface area contributed by atoms with Gasteiger partial charge in [-0.25, -0.2) is 9.97 Å². The smallest absolute Gasteiger partial charge is 0.253 e. The molecule has 2 unspecified atom stereocenters. The molecule has 3 heterocycles. The molecule has 2 atom stereocenters. The highest BCUT2D eigenvalue weighted by Crippen LogP contribution is 2.29. The average molecular weight is 466 g/mol. The standard InChI is InChI=1S/C25H28ClN5O2/c1-2-23-27-20-6-4-3-5-19(20)24(28-23)31-15-21(22(32)16-31)29-11-13-30(14-12-29)25(33)17-7-9-18(26)10-8-17/h3-10,21-22,32H,2,11-16H2,1H3. The number of rotatable bonds is 4. The van der Waals surface area contributed by atoms with Crippen molar-refractivity contribution in [2.75, 3.05) is 44.2 Å². The predicted molar refractivity (Wildman–Crippen MR) is 130 cm³/mol. The lowest BCUT2D eigenvalue weighted by Gasteiger charge is -2.38. The summed E-state index contributed by atoms with van der Waals surface area (Å²) in [6.45, 7) is 6.05. The molecule has 0 spiro atoms. The molecule has 2 aliphatic rings. The number of carbonyl (C=O) groups is 1. The van der Waals surface area contributed by atoms with Crippen molar-refractivity contribution in [3.63, 3.8) is 0 Å². The number of aliphatic hydroxyl groups is 1. The molecule has 2 saturated heterocycles. The quantitative estimate of drug-likeness (QED) is 0.638. The van der Waals surface area contributed by atoms with Gasteiger partial charge in [0.1, 0.15) is 11.6 Å². The van der Waals surface area contributed by atoms with E-state index in [0.717, 1.165) is 42.1 Å². The van der Waals surface area contributed by atoms with Crippen LogP contribution >= 0.6 is 11.6 Å². The van der Waals surface area contributed by atoms with Crippen LogP contribution in [0.15, 0.2) is 48.5 Å². The van der Waals surface area contributed by atoms with Gasteiger partial charge < -0.3 is 14.9 Å². The number of amides is 1. The van der Waals surface area contributed by atoms with E-state index in [1.165, 1.54) is 0 Å². The minimum Gasteiger partial charge on any atom is -0.390 e. The van der Waals surface area contributed by atoms with Crippen LogP contribution in [0.3, 0.4) is 0 Å². The molecule has 5 rings (SSSR count). The normalized spacial score (nSPS) is 21.7. The van der Waals surface area contributed by atoms with Crippen LogP contribution in [0, 0.1) is 0 Å². The fourth-order valence-corrected chi connectivity index (χ4v) is 4.96. The molecule has 7 nitrogen and oxygen atoms in total. The Bertz CT molecular complexity index is 1150. The fourth-order valence-electron chi connectivity index (χ4n) is 4.84. The van der Waals surface area contributed by atoms with Gasteiger partial charge in [0.2, 0.25) is 0 Å². The number of anilines is 1. The number of aryl methyl sites for hydroxylation is 1. The molecular weight excluding hydrogens is 438 g/mol. The van der Waals surface area contributed by atoms with Crippen LogP contribution in [0.1, 0.15) is 23.1 Å². The number of nitrogens with zero attached hydrogens (tertiary/aromatic N) is 5. The van der Waals surface area contributed by atoms with E-state index in [4.69, 9.17) is 16.6 Å². The zero-order valence-corrected chi connectivity index (χ0v) is 19.4. The summed E-state index contributed by atoms with van der Waals surface area (Å²) in [5.74, 6) is 1.74. The van der Waals surface area contributed by atoms with E-state index in [9.17, 15) is 9.90 Å². The molecule has 3 aromatic rings. The second-order valence-corrected chi connectivity index (χ2v) is 9.15. The first kappa shape index (κ1) is 22.1. The summed E-state index contributed by atoms with van der Waals surface area (Å²) < 4.78 is 0. The van der Waals surface area contributed by atoms with Crippen molar-refractivity contribution in [1.82, 2.24) is 19.8 Å². The highest BCUT2D eigenvalue weighted by Gasteiger charge is 2.38. The van der Waals surface area contributed by atoms with Gasteiger partial charge in [-0.1, -0.05) is 30.7 Å². The first-order chi connectivity index (χ1) is 16.0. The van der Waals surface area contributed by atoms with E-state index in [1.54, 1.807) is 24.3 Å². The Hall–Kier alpha value is -2.74. The number of benzene rings is 2. The lowest BCUT2D eigenvalue weighted by atomic mass is 10.1. The van der Waals surface area contributed by atoms with Crippen LogP contribution in [0.2, 0.25) is 5.02 Å². The van der Waals surface area contributed by atoms with Gasteiger partial charge in [-0.05, 0) is 36.4 Å². The summed E-state index contributed by atoms with van der Waals surface area (Å²) in [6, 6.07) is 15.1. The van der Waals surface area contributed by atoms with Crippen molar-refractivity contribution in [3.05, 3.63) is 64.9 Å². The number of fused-ring (bicyclic) bond motifs is 1. The Kier molecular flexibility index (Phi) is 6.19. The largest absolute Gasteiger partial charge is 0.390 e. The van der Waals surface area contributed by atoms with E-state index < -0.39 is 6.10 Å². The number of β-amino-alcohol motifs (C(OH)–C–C–N with tert-alkyl or cyclic N) is 1. The first-order valence-corrected chi connectivity index (χ1v) is 11.9. The molecule has 0 aliphatic carbocycles. The fraction of sp³-hybridized carbons (Fsp3) is 0.400. The number of halogens is 1. The van der Waals surface area contributed by atoms with E-state index in [1.807, 2.05) is 29.2 Å². The summed E-state index contributed by atoms with van der Waals surface area (Å²) in [7, 11) is 0. The van der Waals surface area contributed by atoms with Gasteiger partial charge in [-0.2, -0.15) is 0 Å². The topological polar surface area (TPSA) is 72.8 Å². The maximum absolute atomic E-state index is 12.8. The Morgan fingerprint density at radius 1 is 1.03 bits per heavy atom. The molecule has 0 radical (unpaired) electrons. The van der Waals surface area contributed by atoms with Gasteiger partial charge in [0, 0.05) is 61.7 Å².